The second kappa shape index (κ2) is 7.04. The number of carbonyl (C=O) groups excluding carboxylic acids is 1. The normalized spacial score (nSPS) is 10.6. The van der Waals surface area contributed by atoms with E-state index in [4.69, 9.17) is 4.42 Å². The van der Waals surface area contributed by atoms with Gasteiger partial charge in [-0.25, -0.2) is 0 Å². The van der Waals surface area contributed by atoms with Gasteiger partial charge in [-0.2, -0.15) is 0 Å². The average Bonchev–Trinajstić information content (AvgIpc) is 3.05. The molecule has 0 atom stereocenters. The highest BCUT2D eigenvalue weighted by molar-refractivity contribution is 5.77. The highest BCUT2D eigenvalue weighted by Gasteiger charge is 2.12. The van der Waals surface area contributed by atoms with E-state index in [9.17, 15) is 4.79 Å². The largest absolute Gasteiger partial charge is 0.420 e. The maximum Gasteiger partial charge on any atom is 0.247 e. The molecule has 24 heavy (non-hydrogen) atoms. The van der Waals surface area contributed by atoms with Crippen molar-refractivity contribution in [3.63, 3.8) is 0 Å². The van der Waals surface area contributed by atoms with Crippen molar-refractivity contribution in [2.24, 2.45) is 0 Å². The minimum atomic E-state index is -0.154. The van der Waals surface area contributed by atoms with Gasteiger partial charge in [0.2, 0.25) is 17.7 Å². The van der Waals surface area contributed by atoms with Gasteiger partial charge in [0.1, 0.15) is 6.42 Å². The third-order valence-electron chi connectivity index (χ3n) is 3.77. The van der Waals surface area contributed by atoms with Gasteiger partial charge in [0.25, 0.3) is 0 Å². The molecule has 2 heterocycles. The first-order chi connectivity index (χ1) is 11.6. The van der Waals surface area contributed by atoms with Crippen LogP contribution in [-0.4, -0.2) is 21.1 Å². The third kappa shape index (κ3) is 3.84. The lowest BCUT2D eigenvalue weighted by Crippen LogP contribution is -2.24. The van der Waals surface area contributed by atoms with Crippen LogP contribution in [0, 0.1) is 13.8 Å². The number of hydrogen-bond acceptors (Lipinski definition) is 5. The summed E-state index contributed by atoms with van der Waals surface area (Å²) in [5.74, 6) is 0.520. The Bertz CT molecular complexity index is 843. The van der Waals surface area contributed by atoms with Crippen LogP contribution in [0.2, 0.25) is 0 Å². The van der Waals surface area contributed by atoms with E-state index in [-0.39, 0.29) is 12.3 Å². The standard InChI is InChI=1S/C18H18N4O2/c1-12-3-4-14(9-13(12)2)11-20-16(23)10-17-21-22-18(24-17)15-5-7-19-8-6-15/h3-9H,10-11H2,1-2H3,(H,20,23). The smallest absolute Gasteiger partial charge is 0.247 e. The highest BCUT2D eigenvalue weighted by Crippen LogP contribution is 2.16. The van der Waals surface area contributed by atoms with E-state index < -0.39 is 0 Å². The van der Waals surface area contributed by atoms with Gasteiger partial charge in [0, 0.05) is 24.5 Å². The third-order valence-corrected chi connectivity index (χ3v) is 3.77. The first kappa shape index (κ1) is 15.9. The molecule has 0 bridgehead atoms. The summed E-state index contributed by atoms with van der Waals surface area (Å²) >= 11 is 0. The molecule has 0 saturated carbocycles. The van der Waals surface area contributed by atoms with Crippen molar-refractivity contribution in [1.82, 2.24) is 20.5 Å². The zero-order valence-corrected chi connectivity index (χ0v) is 13.6. The first-order valence-corrected chi connectivity index (χ1v) is 7.67. The van der Waals surface area contributed by atoms with Gasteiger partial charge in [-0.15, -0.1) is 10.2 Å². The maximum atomic E-state index is 12.0. The van der Waals surface area contributed by atoms with Crippen LogP contribution >= 0.6 is 0 Å². The molecule has 3 rings (SSSR count). The number of amides is 1. The number of benzene rings is 1. The van der Waals surface area contributed by atoms with Crippen LogP contribution in [0.3, 0.4) is 0 Å². The fourth-order valence-electron chi connectivity index (χ4n) is 2.25. The Morgan fingerprint density at radius 1 is 1.08 bits per heavy atom. The number of nitrogens with one attached hydrogen (secondary N) is 1. The molecule has 0 spiro atoms. The number of rotatable bonds is 5. The Labute approximate surface area is 140 Å². The van der Waals surface area contributed by atoms with Gasteiger partial charge in [-0.3, -0.25) is 9.78 Å². The summed E-state index contributed by atoms with van der Waals surface area (Å²) in [6.45, 7) is 4.60. The van der Waals surface area contributed by atoms with Crippen molar-refractivity contribution < 1.29 is 9.21 Å². The lowest BCUT2D eigenvalue weighted by molar-refractivity contribution is -0.120. The molecule has 0 fully saturated rings. The second-order valence-corrected chi connectivity index (χ2v) is 5.61. The van der Waals surface area contributed by atoms with Crippen LogP contribution in [0.25, 0.3) is 11.5 Å². The number of aromatic nitrogens is 3. The van der Waals surface area contributed by atoms with Crippen molar-refractivity contribution in [3.05, 3.63) is 65.3 Å². The van der Waals surface area contributed by atoms with Crippen LogP contribution in [0.15, 0.2) is 47.1 Å². The molecule has 0 unspecified atom stereocenters. The molecule has 0 radical (unpaired) electrons. The molecule has 6 nitrogen and oxygen atoms in total. The van der Waals surface area contributed by atoms with Crippen LogP contribution in [0.5, 0.6) is 0 Å². The zero-order valence-electron chi connectivity index (χ0n) is 13.6. The molecule has 0 aliphatic rings. The van der Waals surface area contributed by atoms with Crippen molar-refractivity contribution >= 4 is 5.91 Å². The molecule has 6 heteroatoms. The number of aryl methyl sites for hydroxylation is 2. The number of carbonyl (C=O) groups is 1. The number of pyridine rings is 1. The van der Waals surface area contributed by atoms with E-state index in [2.05, 4.69) is 46.5 Å². The first-order valence-electron chi connectivity index (χ1n) is 7.67. The lowest BCUT2D eigenvalue weighted by atomic mass is 10.1. The van der Waals surface area contributed by atoms with Gasteiger partial charge in [0.05, 0.1) is 0 Å². The van der Waals surface area contributed by atoms with Crippen LogP contribution in [0.1, 0.15) is 22.6 Å². The zero-order chi connectivity index (χ0) is 16.9. The molecule has 1 aromatic carbocycles. The predicted octanol–water partition coefficient (Wildman–Crippen LogP) is 2.61. The van der Waals surface area contributed by atoms with E-state index in [1.807, 2.05) is 6.07 Å². The van der Waals surface area contributed by atoms with Crippen molar-refractivity contribution in [2.45, 2.75) is 26.8 Å². The maximum absolute atomic E-state index is 12.0. The summed E-state index contributed by atoms with van der Waals surface area (Å²) in [4.78, 5) is 16.0. The molecular weight excluding hydrogens is 304 g/mol. The fourth-order valence-corrected chi connectivity index (χ4v) is 2.25. The number of hydrogen-bond donors (Lipinski definition) is 1. The van der Waals surface area contributed by atoms with E-state index >= 15 is 0 Å². The van der Waals surface area contributed by atoms with Gasteiger partial charge >= 0.3 is 0 Å². The predicted molar refractivity (Wildman–Crippen MR) is 89.0 cm³/mol. The lowest BCUT2D eigenvalue weighted by Gasteiger charge is -2.06. The SMILES string of the molecule is Cc1ccc(CNC(=O)Cc2nnc(-c3ccncc3)o2)cc1C. The Morgan fingerprint density at radius 2 is 1.88 bits per heavy atom. The van der Waals surface area contributed by atoms with Crippen LogP contribution in [-0.2, 0) is 17.8 Å². The minimum absolute atomic E-state index is 0.0585. The Kier molecular flexibility index (Phi) is 4.65. The fraction of sp³-hybridized carbons (Fsp3) is 0.222. The van der Waals surface area contributed by atoms with E-state index in [1.165, 1.54) is 11.1 Å². The van der Waals surface area contributed by atoms with Gasteiger partial charge in [0.15, 0.2) is 0 Å². The average molecular weight is 322 g/mol. The van der Waals surface area contributed by atoms with Crippen molar-refractivity contribution in [1.29, 1.82) is 0 Å². The molecule has 122 valence electrons. The molecule has 0 aliphatic heterocycles. The quantitative estimate of drug-likeness (QED) is 0.781. The second-order valence-electron chi connectivity index (χ2n) is 5.61. The Morgan fingerprint density at radius 3 is 2.62 bits per heavy atom. The minimum Gasteiger partial charge on any atom is -0.420 e. The van der Waals surface area contributed by atoms with Gasteiger partial charge in [-0.05, 0) is 42.7 Å². The summed E-state index contributed by atoms with van der Waals surface area (Å²) in [5, 5.41) is 10.7. The summed E-state index contributed by atoms with van der Waals surface area (Å²) < 4.78 is 5.52. The molecule has 2 aromatic heterocycles. The summed E-state index contributed by atoms with van der Waals surface area (Å²) in [5.41, 5.74) is 4.29. The van der Waals surface area contributed by atoms with Crippen LogP contribution in [0.4, 0.5) is 0 Å². The summed E-state index contributed by atoms with van der Waals surface area (Å²) in [6, 6.07) is 9.69. The van der Waals surface area contributed by atoms with E-state index in [0.717, 1.165) is 11.1 Å². The van der Waals surface area contributed by atoms with E-state index in [1.54, 1.807) is 24.5 Å². The van der Waals surface area contributed by atoms with Crippen molar-refractivity contribution in [3.8, 4) is 11.5 Å². The Balaban J connectivity index is 1.57. The molecule has 0 saturated heterocycles. The molecule has 1 N–H and O–H groups in total. The van der Waals surface area contributed by atoms with Crippen LogP contribution < -0.4 is 5.32 Å². The Hall–Kier alpha value is -3.02. The number of nitrogens with zero attached hydrogens (tertiary/aromatic N) is 3. The molecular formula is C18H18N4O2. The highest BCUT2D eigenvalue weighted by atomic mass is 16.4. The molecule has 0 aliphatic carbocycles. The van der Waals surface area contributed by atoms with E-state index in [0.29, 0.717) is 18.3 Å². The summed E-state index contributed by atoms with van der Waals surface area (Å²) in [7, 11) is 0. The van der Waals surface area contributed by atoms with Gasteiger partial charge in [-0.1, -0.05) is 18.2 Å². The monoisotopic (exact) mass is 322 g/mol. The topological polar surface area (TPSA) is 80.9 Å². The van der Waals surface area contributed by atoms with Gasteiger partial charge < -0.3 is 9.73 Å². The van der Waals surface area contributed by atoms with Crippen molar-refractivity contribution in [2.75, 3.05) is 0 Å². The molecule has 3 aromatic rings. The molecule has 1 amide bonds. The summed E-state index contributed by atoms with van der Waals surface area (Å²) in [6.07, 6.45) is 3.36.